The maximum absolute atomic E-state index is 7.81. The first-order valence-corrected chi connectivity index (χ1v) is 0.508. The van der Waals surface area contributed by atoms with E-state index in [1.807, 2.05) is 0 Å². The Morgan fingerprint density at radius 3 is 1.25 bits per heavy atom. The molecule has 0 N–H and O–H groups in total. The van der Waals surface area contributed by atoms with Gasteiger partial charge in [0.05, 0.1) is 0 Å². The zero-order valence-corrected chi connectivity index (χ0v) is 4.21. The van der Waals surface area contributed by atoms with Crippen LogP contribution in [0.1, 0.15) is 0 Å². The second-order valence-corrected chi connectivity index (χ2v) is 0. The molecular formula is CuLiMnO. The topological polar surface area (TPSA) is 17.1 Å². The van der Waals surface area contributed by atoms with E-state index in [1.54, 1.807) is 0 Å². The minimum absolute atomic E-state index is 0. The maximum atomic E-state index is 7.81. The van der Waals surface area contributed by atoms with Gasteiger partial charge in [0.25, 0.3) is 0 Å². The summed E-state index contributed by atoms with van der Waals surface area (Å²) < 4.78 is 7.81. The third-order valence-corrected chi connectivity index (χ3v) is 0. The molecule has 0 bridgehead atoms. The van der Waals surface area contributed by atoms with Gasteiger partial charge >= 0.3 is 19.8 Å². The predicted octanol–water partition coefficient (Wildman–Crippen LogP) is -0.505. The van der Waals surface area contributed by atoms with Crippen molar-refractivity contribution in [1.29, 1.82) is 0 Å². The van der Waals surface area contributed by atoms with Crippen molar-refractivity contribution >= 4 is 18.9 Å². The molecule has 0 fully saturated rings. The number of rotatable bonds is 0. The van der Waals surface area contributed by atoms with Gasteiger partial charge in [0.1, 0.15) is 0 Å². The van der Waals surface area contributed by atoms with Crippen LogP contribution in [-0.2, 0) is 36.8 Å². The van der Waals surface area contributed by atoms with Crippen LogP contribution in [0.4, 0.5) is 0 Å². The first kappa shape index (κ1) is 18.0. The van der Waals surface area contributed by atoms with Crippen molar-refractivity contribution in [2.45, 2.75) is 0 Å². The van der Waals surface area contributed by atoms with E-state index in [-0.39, 0.29) is 35.9 Å². The van der Waals surface area contributed by atoms with Gasteiger partial charge in [0.2, 0.25) is 0 Å². The molecule has 4 heteroatoms. The predicted molar refractivity (Wildman–Crippen MR) is 6.44 cm³/mol. The van der Waals surface area contributed by atoms with E-state index in [4.69, 9.17) is 3.83 Å². The molecule has 0 aromatic carbocycles. The van der Waals surface area contributed by atoms with Gasteiger partial charge in [-0.05, 0) is 0 Å². The van der Waals surface area contributed by atoms with Gasteiger partial charge in [-0.15, -0.1) is 0 Å². The van der Waals surface area contributed by atoms with E-state index in [1.165, 1.54) is 0 Å². The minimum atomic E-state index is 0. The molecule has 0 aromatic heterocycles. The molecule has 0 spiro atoms. The monoisotopic (exact) mass is 141 g/mol. The summed E-state index contributed by atoms with van der Waals surface area (Å²) in [6.07, 6.45) is 0. The summed E-state index contributed by atoms with van der Waals surface area (Å²) in [5.41, 5.74) is 0. The van der Waals surface area contributed by atoms with Crippen molar-refractivity contribution < 1.29 is 36.8 Å². The Balaban J connectivity index is -0.00000000500. The zero-order valence-electron chi connectivity index (χ0n) is 2.09. The average molecular weight is 141 g/mol. The Kier molecular flexibility index (Phi) is 114. The normalized spacial score (nSPS) is 1.50. The summed E-state index contributed by atoms with van der Waals surface area (Å²) in [5, 5.41) is 0. The summed E-state index contributed by atoms with van der Waals surface area (Å²) >= 11 is 2.94. The first-order chi connectivity index (χ1) is 1.00. The molecule has 0 aliphatic carbocycles. The molecular weight excluding hydrogens is 141 g/mol. The van der Waals surface area contributed by atoms with E-state index in [0.29, 0.717) is 0 Å². The van der Waals surface area contributed by atoms with E-state index in [0.717, 1.165) is 0 Å². The molecule has 0 saturated heterocycles. The molecule has 0 atom stereocenters. The van der Waals surface area contributed by atoms with Crippen molar-refractivity contribution in [3.8, 4) is 0 Å². The van der Waals surface area contributed by atoms with E-state index < -0.39 is 0 Å². The first-order valence-electron chi connectivity index (χ1n) is 0.123. The van der Waals surface area contributed by atoms with Gasteiger partial charge in [-0.25, -0.2) is 0 Å². The summed E-state index contributed by atoms with van der Waals surface area (Å²) in [5.74, 6) is 0. The van der Waals surface area contributed by atoms with Crippen LogP contribution in [0.2, 0.25) is 0 Å². The Hall–Kier alpha value is 1.44. The molecule has 0 rings (SSSR count). The summed E-state index contributed by atoms with van der Waals surface area (Å²) in [6, 6.07) is 0. The Morgan fingerprint density at radius 1 is 1.25 bits per heavy atom. The number of hydrogen-bond donors (Lipinski definition) is 0. The number of hydrogen-bond acceptors (Lipinski definition) is 1. The zero-order chi connectivity index (χ0) is 2.00. The van der Waals surface area contributed by atoms with Crippen LogP contribution in [0.3, 0.4) is 0 Å². The van der Waals surface area contributed by atoms with Gasteiger partial charge < -0.3 is 0 Å². The summed E-state index contributed by atoms with van der Waals surface area (Å²) in [6.45, 7) is 0. The standard InChI is InChI=1S/Cu.Li.Mn.O. The van der Waals surface area contributed by atoms with Crippen molar-refractivity contribution in [3.05, 3.63) is 0 Å². The molecule has 2 radical (unpaired) electrons. The Labute approximate surface area is 55.6 Å². The van der Waals surface area contributed by atoms with Crippen molar-refractivity contribution in [2.24, 2.45) is 0 Å². The second kappa shape index (κ2) is 25.4. The molecule has 0 amide bonds. The third-order valence-electron chi connectivity index (χ3n) is 0. The molecule has 4 heavy (non-hydrogen) atoms. The van der Waals surface area contributed by atoms with Crippen LogP contribution >= 0.6 is 0 Å². The quantitative estimate of drug-likeness (QED) is 0.416. The molecule has 0 aliphatic heterocycles. The van der Waals surface area contributed by atoms with Crippen LogP contribution in [0.5, 0.6) is 0 Å². The van der Waals surface area contributed by atoms with Crippen molar-refractivity contribution in [1.82, 2.24) is 0 Å². The Bertz CT molecular complexity index is 8.00. The summed E-state index contributed by atoms with van der Waals surface area (Å²) in [7, 11) is 0. The van der Waals surface area contributed by atoms with Crippen LogP contribution in [0, 0.1) is 0 Å². The molecule has 0 aromatic rings. The van der Waals surface area contributed by atoms with Crippen molar-refractivity contribution in [3.63, 3.8) is 0 Å². The fourth-order valence-corrected chi connectivity index (χ4v) is 0. The molecule has 1 nitrogen and oxygen atoms in total. The fraction of sp³-hybridized carbons (Fsp3) is 0. The van der Waals surface area contributed by atoms with Gasteiger partial charge in [-0.3, -0.25) is 0 Å². The average Bonchev–Trinajstić information content (AvgIpc) is 1.00. The van der Waals surface area contributed by atoms with Crippen molar-refractivity contribution in [2.75, 3.05) is 0 Å². The van der Waals surface area contributed by atoms with Crippen LogP contribution in [-0.4, -0.2) is 18.9 Å². The van der Waals surface area contributed by atoms with Crippen LogP contribution in [0.25, 0.3) is 0 Å². The van der Waals surface area contributed by atoms with Crippen LogP contribution in [0.15, 0.2) is 0 Å². The molecule has 0 aliphatic rings. The van der Waals surface area contributed by atoms with Gasteiger partial charge in [-0.1, -0.05) is 0 Å². The molecule has 0 unspecified atom stereocenters. The fourth-order valence-electron chi connectivity index (χ4n) is 0. The van der Waals surface area contributed by atoms with Gasteiger partial charge in [0.15, 0.2) is 0 Å². The Morgan fingerprint density at radius 2 is 1.25 bits per heavy atom. The summed E-state index contributed by atoms with van der Waals surface area (Å²) in [4.78, 5) is 0. The van der Waals surface area contributed by atoms with E-state index >= 15 is 0 Å². The van der Waals surface area contributed by atoms with E-state index in [9.17, 15) is 0 Å². The molecule has 0 saturated carbocycles. The van der Waals surface area contributed by atoms with E-state index in [2.05, 4.69) is 15.9 Å². The third kappa shape index (κ3) is 9.89. The second-order valence-electron chi connectivity index (χ2n) is 0. The van der Waals surface area contributed by atoms with Crippen LogP contribution < -0.4 is 0 Å². The van der Waals surface area contributed by atoms with Gasteiger partial charge in [0, 0.05) is 35.9 Å². The molecule has 25 valence electrons. The molecule has 0 heterocycles. The van der Waals surface area contributed by atoms with Gasteiger partial charge in [-0.2, -0.15) is 0 Å². The SMILES string of the molecule is [Li].[Mn].[O]=[Cu].